The summed E-state index contributed by atoms with van der Waals surface area (Å²) in [6.45, 7) is 2.75. The maximum Gasteiger partial charge on any atom is 0.130 e. The van der Waals surface area contributed by atoms with E-state index in [1.54, 1.807) is 17.5 Å². The standard InChI is InChI=1S/C7H8N4S2/c1-5-4-12-7(10-5)2-8-6-3-9-11-13-6/h3-4,8H,2H2,1H3. The van der Waals surface area contributed by atoms with E-state index in [1.165, 1.54) is 11.5 Å². The third-order valence-electron chi connectivity index (χ3n) is 1.44. The second-order valence-corrected chi connectivity index (χ2v) is 4.25. The summed E-state index contributed by atoms with van der Waals surface area (Å²) in [5.41, 5.74) is 1.07. The smallest absolute Gasteiger partial charge is 0.130 e. The Bertz CT molecular complexity index is 368. The van der Waals surface area contributed by atoms with Crippen molar-refractivity contribution in [1.29, 1.82) is 0 Å². The Labute approximate surface area is 83.8 Å². The van der Waals surface area contributed by atoms with E-state index in [9.17, 15) is 0 Å². The molecule has 2 heterocycles. The van der Waals surface area contributed by atoms with Crippen LogP contribution in [0.2, 0.25) is 0 Å². The zero-order valence-electron chi connectivity index (χ0n) is 7.02. The summed E-state index contributed by atoms with van der Waals surface area (Å²) in [5, 5.41) is 11.0. The third kappa shape index (κ3) is 2.22. The number of rotatable bonds is 3. The fourth-order valence-corrected chi connectivity index (χ4v) is 2.02. The molecule has 0 spiro atoms. The highest BCUT2D eigenvalue weighted by atomic mass is 32.1. The average Bonchev–Trinajstić information content (AvgIpc) is 2.71. The number of aryl methyl sites for hydroxylation is 1. The number of aromatic nitrogens is 3. The Morgan fingerprint density at radius 1 is 1.54 bits per heavy atom. The van der Waals surface area contributed by atoms with Crippen molar-refractivity contribution in [2.75, 3.05) is 5.32 Å². The molecule has 0 aliphatic carbocycles. The van der Waals surface area contributed by atoms with E-state index in [-0.39, 0.29) is 0 Å². The van der Waals surface area contributed by atoms with Gasteiger partial charge in [-0.1, -0.05) is 4.49 Å². The van der Waals surface area contributed by atoms with Gasteiger partial charge in [-0.25, -0.2) is 4.98 Å². The maximum atomic E-state index is 4.33. The molecule has 2 aromatic rings. The summed E-state index contributed by atoms with van der Waals surface area (Å²) in [5.74, 6) is 0. The van der Waals surface area contributed by atoms with Gasteiger partial charge in [-0.3, -0.25) is 0 Å². The monoisotopic (exact) mass is 212 g/mol. The molecule has 0 amide bonds. The molecule has 1 N–H and O–H groups in total. The van der Waals surface area contributed by atoms with E-state index < -0.39 is 0 Å². The number of nitrogens with zero attached hydrogens (tertiary/aromatic N) is 3. The van der Waals surface area contributed by atoms with Gasteiger partial charge >= 0.3 is 0 Å². The zero-order valence-corrected chi connectivity index (χ0v) is 8.65. The van der Waals surface area contributed by atoms with Crippen LogP contribution in [0.25, 0.3) is 0 Å². The summed E-state index contributed by atoms with van der Waals surface area (Å²) in [4.78, 5) is 4.33. The minimum Gasteiger partial charge on any atom is -0.368 e. The molecule has 0 saturated heterocycles. The molecule has 0 unspecified atom stereocenters. The lowest BCUT2D eigenvalue weighted by atomic mass is 10.6. The van der Waals surface area contributed by atoms with Crippen LogP contribution in [0.4, 0.5) is 5.00 Å². The third-order valence-corrected chi connectivity index (χ3v) is 3.03. The summed E-state index contributed by atoms with van der Waals surface area (Å²) < 4.78 is 3.75. The number of anilines is 1. The molecule has 4 nitrogen and oxygen atoms in total. The molecule has 0 bridgehead atoms. The van der Waals surface area contributed by atoms with Crippen LogP contribution in [0, 0.1) is 6.92 Å². The van der Waals surface area contributed by atoms with Crippen molar-refractivity contribution in [3.63, 3.8) is 0 Å². The molecular formula is C7H8N4S2. The Hall–Kier alpha value is -1.01. The van der Waals surface area contributed by atoms with Gasteiger partial charge in [0.2, 0.25) is 0 Å². The van der Waals surface area contributed by atoms with Crippen molar-refractivity contribution in [3.05, 3.63) is 22.3 Å². The van der Waals surface area contributed by atoms with Gasteiger partial charge < -0.3 is 5.32 Å². The number of thiazole rings is 1. The van der Waals surface area contributed by atoms with Crippen LogP contribution < -0.4 is 5.32 Å². The van der Waals surface area contributed by atoms with E-state index in [0.29, 0.717) is 0 Å². The molecule has 0 radical (unpaired) electrons. The SMILES string of the molecule is Cc1csc(CNc2cnns2)n1. The highest BCUT2D eigenvalue weighted by Gasteiger charge is 1.99. The second-order valence-electron chi connectivity index (χ2n) is 2.52. The van der Waals surface area contributed by atoms with Gasteiger partial charge in [-0.15, -0.1) is 16.4 Å². The van der Waals surface area contributed by atoms with Crippen molar-refractivity contribution in [2.24, 2.45) is 0 Å². The first-order valence-electron chi connectivity index (χ1n) is 3.77. The molecule has 0 aliphatic heterocycles. The topological polar surface area (TPSA) is 50.7 Å². The molecule has 68 valence electrons. The van der Waals surface area contributed by atoms with Crippen LogP contribution in [-0.2, 0) is 6.54 Å². The molecule has 0 aliphatic rings. The zero-order chi connectivity index (χ0) is 9.10. The molecule has 0 atom stereocenters. The number of hydrogen-bond acceptors (Lipinski definition) is 6. The molecule has 2 rings (SSSR count). The molecule has 0 saturated carbocycles. The summed E-state index contributed by atoms with van der Waals surface area (Å²) in [6, 6.07) is 0. The van der Waals surface area contributed by atoms with Crippen molar-refractivity contribution < 1.29 is 0 Å². The van der Waals surface area contributed by atoms with Crippen molar-refractivity contribution in [1.82, 2.24) is 14.6 Å². The molecule has 0 aromatic carbocycles. The number of hydrogen-bond donors (Lipinski definition) is 1. The summed E-state index contributed by atoms with van der Waals surface area (Å²) in [7, 11) is 0. The second kappa shape index (κ2) is 3.80. The van der Waals surface area contributed by atoms with E-state index in [0.717, 1.165) is 22.2 Å². The molecule has 13 heavy (non-hydrogen) atoms. The summed E-state index contributed by atoms with van der Waals surface area (Å²) >= 11 is 3.02. The Balaban J connectivity index is 1.93. The van der Waals surface area contributed by atoms with Crippen molar-refractivity contribution in [2.45, 2.75) is 13.5 Å². The highest BCUT2D eigenvalue weighted by molar-refractivity contribution is 7.10. The van der Waals surface area contributed by atoms with Crippen molar-refractivity contribution >= 4 is 27.9 Å². The first-order valence-corrected chi connectivity index (χ1v) is 5.42. The largest absolute Gasteiger partial charge is 0.368 e. The van der Waals surface area contributed by atoms with Crippen LogP contribution in [0.3, 0.4) is 0 Å². The lowest BCUT2D eigenvalue weighted by molar-refractivity contribution is 1.08. The lowest BCUT2D eigenvalue weighted by Gasteiger charge is -1.96. The highest BCUT2D eigenvalue weighted by Crippen LogP contribution is 2.13. The van der Waals surface area contributed by atoms with Gasteiger partial charge in [0.25, 0.3) is 0 Å². The minimum atomic E-state index is 0.752. The van der Waals surface area contributed by atoms with Gasteiger partial charge in [0, 0.05) is 22.6 Å². The first-order chi connectivity index (χ1) is 6.34. The van der Waals surface area contributed by atoms with E-state index in [1.807, 2.05) is 12.3 Å². The fourth-order valence-electron chi connectivity index (χ4n) is 0.892. The Kier molecular flexibility index (Phi) is 2.51. The maximum absolute atomic E-state index is 4.33. The molecular weight excluding hydrogens is 204 g/mol. The average molecular weight is 212 g/mol. The quantitative estimate of drug-likeness (QED) is 0.844. The Morgan fingerprint density at radius 3 is 3.08 bits per heavy atom. The van der Waals surface area contributed by atoms with Gasteiger partial charge in [0.15, 0.2) is 0 Å². The van der Waals surface area contributed by atoms with Crippen LogP contribution in [-0.4, -0.2) is 14.6 Å². The first kappa shape index (κ1) is 8.58. The number of nitrogens with one attached hydrogen (secondary N) is 1. The van der Waals surface area contributed by atoms with Crippen molar-refractivity contribution in [3.8, 4) is 0 Å². The van der Waals surface area contributed by atoms with E-state index in [4.69, 9.17) is 0 Å². The lowest BCUT2D eigenvalue weighted by Crippen LogP contribution is -1.96. The predicted octanol–water partition coefficient (Wildman–Crippen LogP) is 1.92. The molecule has 2 aromatic heterocycles. The fraction of sp³-hybridized carbons (Fsp3) is 0.286. The van der Waals surface area contributed by atoms with Crippen LogP contribution in [0.5, 0.6) is 0 Å². The van der Waals surface area contributed by atoms with Gasteiger partial charge in [-0.05, 0) is 6.92 Å². The van der Waals surface area contributed by atoms with Crippen LogP contribution in [0.1, 0.15) is 10.7 Å². The Morgan fingerprint density at radius 2 is 2.46 bits per heavy atom. The molecule has 0 fully saturated rings. The van der Waals surface area contributed by atoms with Gasteiger partial charge in [0.1, 0.15) is 10.0 Å². The van der Waals surface area contributed by atoms with Crippen LogP contribution in [0.15, 0.2) is 11.6 Å². The van der Waals surface area contributed by atoms with E-state index in [2.05, 4.69) is 19.9 Å². The van der Waals surface area contributed by atoms with Crippen LogP contribution >= 0.6 is 22.9 Å². The van der Waals surface area contributed by atoms with E-state index >= 15 is 0 Å². The summed E-state index contributed by atoms with van der Waals surface area (Å²) in [6.07, 6.45) is 1.71. The molecule has 6 heteroatoms. The van der Waals surface area contributed by atoms with Gasteiger partial charge in [0.05, 0.1) is 12.7 Å². The normalized spacial score (nSPS) is 10.2. The van der Waals surface area contributed by atoms with Gasteiger partial charge in [-0.2, -0.15) is 0 Å². The minimum absolute atomic E-state index is 0.752. The predicted molar refractivity (Wildman–Crippen MR) is 54.1 cm³/mol.